The van der Waals surface area contributed by atoms with Gasteiger partial charge in [0.25, 0.3) is 0 Å². The van der Waals surface area contributed by atoms with E-state index in [-0.39, 0.29) is 5.91 Å². The number of methoxy groups -OCH3 is 1. The molecule has 1 amide bonds. The van der Waals surface area contributed by atoms with Crippen molar-refractivity contribution < 1.29 is 9.53 Å². The topological polar surface area (TPSA) is 67.6 Å². The Morgan fingerprint density at radius 1 is 1.32 bits per heavy atom. The summed E-state index contributed by atoms with van der Waals surface area (Å²) in [7, 11) is 1.67. The van der Waals surface area contributed by atoms with Gasteiger partial charge in [0.2, 0.25) is 5.91 Å². The number of nitrogens with two attached hydrogens (primary N) is 1. The minimum Gasteiger partial charge on any atom is -0.496 e. The van der Waals surface area contributed by atoms with Crippen LogP contribution in [0.2, 0.25) is 0 Å². The normalized spacial score (nSPS) is 16.4. The van der Waals surface area contributed by atoms with Crippen molar-refractivity contribution in [1.29, 1.82) is 0 Å². The maximum absolute atomic E-state index is 12.2. The highest BCUT2D eigenvalue weighted by molar-refractivity contribution is 5.81. The quantitative estimate of drug-likeness (QED) is 0.750. The van der Waals surface area contributed by atoms with Crippen molar-refractivity contribution in [2.45, 2.75) is 38.3 Å². The minimum atomic E-state index is -0.400. The fraction of sp³-hybridized carbons (Fsp3) is 0.588. The Bertz CT molecular complexity index is 473. The maximum Gasteiger partial charge on any atom is 0.239 e. The van der Waals surface area contributed by atoms with Gasteiger partial charge in [0.15, 0.2) is 0 Å². The number of nitrogens with zero attached hydrogens (tertiary/aromatic N) is 1. The number of hydrogen-bond donors (Lipinski definition) is 2. The SMILES string of the molecule is COc1ccccc1CNCCC(N)C(=O)N1CCCCC1. The first-order valence-electron chi connectivity index (χ1n) is 8.09. The molecule has 1 saturated heterocycles. The molecule has 0 saturated carbocycles. The average Bonchev–Trinajstić information content (AvgIpc) is 2.59. The van der Waals surface area contributed by atoms with Crippen molar-refractivity contribution in [3.63, 3.8) is 0 Å². The number of benzene rings is 1. The van der Waals surface area contributed by atoms with Crippen LogP contribution in [0.25, 0.3) is 0 Å². The van der Waals surface area contributed by atoms with Crippen LogP contribution in [0.3, 0.4) is 0 Å². The Balaban J connectivity index is 1.70. The third-order valence-corrected chi connectivity index (χ3v) is 4.13. The van der Waals surface area contributed by atoms with Gasteiger partial charge in [0.1, 0.15) is 5.75 Å². The van der Waals surface area contributed by atoms with Gasteiger partial charge in [-0.2, -0.15) is 0 Å². The fourth-order valence-electron chi connectivity index (χ4n) is 2.80. The first kappa shape index (κ1) is 16.8. The van der Waals surface area contributed by atoms with E-state index in [0.717, 1.165) is 43.8 Å². The molecule has 1 heterocycles. The lowest BCUT2D eigenvalue weighted by Crippen LogP contribution is -2.46. The molecular weight excluding hydrogens is 278 g/mol. The number of para-hydroxylation sites is 1. The summed E-state index contributed by atoms with van der Waals surface area (Å²) in [5.74, 6) is 0.975. The molecule has 3 N–H and O–H groups in total. The zero-order valence-electron chi connectivity index (χ0n) is 13.4. The molecule has 1 atom stereocenters. The van der Waals surface area contributed by atoms with E-state index in [0.29, 0.717) is 13.0 Å². The molecule has 122 valence electrons. The van der Waals surface area contributed by atoms with Crippen LogP contribution in [-0.4, -0.2) is 43.6 Å². The second kappa shape index (κ2) is 8.76. The van der Waals surface area contributed by atoms with Crippen LogP contribution in [0, 0.1) is 0 Å². The van der Waals surface area contributed by atoms with Gasteiger partial charge in [-0.3, -0.25) is 4.79 Å². The molecule has 1 aromatic carbocycles. The van der Waals surface area contributed by atoms with E-state index in [1.807, 2.05) is 29.2 Å². The summed E-state index contributed by atoms with van der Waals surface area (Å²) in [5.41, 5.74) is 7.14. The highest BCUT2D eigenvalue weighted by Gasteiger charge is 2.21. The predicted molar refractivity (Wildman–Crippen MR) is 87.7 cm³/mol. The van der Waals surface area contributed by atoms with Gasteiger partial charge in [-0.25, -0.2) is 0 Å². The van der Waals surface area contributed by atoms with Crippen LogP contribution in [0.5, 0.6) is 5.75 Å². The molecule has 1 fully saturated rings. The molecule has 0 aliphatic carbocycles. The third-order valence-electron chi connectivity index (χ3n) is 4.13. The van der Waals surface area contributed by atoms with Gasteiger partial charge in [-0.1, -0.05) is 18.2 Å². The number of piperidine rings is 1. The molecule has 5 nitrogen and oxygen atoms in total. The summed E-state index contributed by atoms with van der Waals surface area (Å²) in [4.78, 5) is 14.1. The lowest BCUT2D eigenvalue weighted by molar-refractivity contribution is -0.133. The van der Waals surface area contributed by atoms with E-state index in [2.05, 4.69) is 5.32 Å². The second-order valence-corrected chi connectivity index (χ2v) is 5.77. The number of likely N-dealkylation sites (tertiary alicyclic amines) is 1. The van der Waals surface area contributed by atoms with Gasteiger partial charge in [-0.15, -0.1) is 0 Å². The summed E-state index contributed by atoms with van der Waals surface area (Å²) in [6, 6.07) is 7.52. The number of ether oxygens (including phenoxy) is 1. The number of amides is 1. The third kappa shape index (κ3) is 4.71. The van der Waals surface area contributed by atoms with Crippen LogP contribution < -0.4 is 15.8 Å². The molecule has 5 heteroatoms. The average molecular weight is 305 g/mol. The lowest BCUT2D eigenvalue weighted by atomic mass is 10.1. The van der Waals surface area contributed by atoms with E-state index in [9.17, 15) is 4.79 Å². The van der Waals surface area contributed by atoms with Crippen molar-refractivity contribution in [2.24, 2.45) is 5.73 Å². The number of nitrogens with one attached hydrogen (secondary N) is 1. The molecular formula is C17H27N3O2. The highest BCUT2D eigenvalue weighted by Crippen LogP contribution is 2.16. The van der Waals surface area contributed by atoms with Gasteiger partial charge in [0, 0.05) is 25.2 Å². The number of carbonyl (C=O) groups is 1. The summed E-state index contributed by atoms with van der Waals surface area (Å²) < 4.78 is 5.32. The van der Waals surface area contributed by atoms with Crippen LogP contribution in [0.4, 0.5) is 0 Å². The number of carbonyl (C=O) groups excluding carboxylic acids is 1. The Kier molecular flexibility index (Phi) is 6.68. The Labute approximate surface area is 132 Å². The molecule has 0 radical (unpaired) electrons. The first-order valence-corrected chi connectivity index (χ1v) is 8.09. The maximum atomic E-state index is 12.2. The molecule has 1 unspecified atom stereocenters. The van der Waals surface area contributed by atoms with Crippen LogP contribution in [-0.2, 0) is 11.3 Å². The smallest absolute Gasteiger partial charge is 0.239 e. The Hall–Kier alpha value is -1.59. The summed E-state index contributed by atoms with van der Waals surface area (Å²) >= 11 is 0. The molecule has 0 spiro atoms. The van der Waals surface area contributed by atoms with Gasteiger partial charge < -0.3 is 20.7 Å². The molecule has 1 aliphatic rings. The second-order valence-electron chi connectivity index (χ2n) is 5.77. The lowest BCUT2D eigenvalue weighted by Gasteiger charge is -2.29. The Morgan fingerprint density at radius 2 is 2.05 bits per heavy atom. The summed E-state index contributed by atoms with van der Waals surface area (Å²) in [6.45, 7) is 3.16. The monoisotopic (exact) mass is 305 g/mol. The zero-order chi connectivity index (χ0) is 15.8. The van der Waals surface area contributed by atoms with E-state index >= 15 is 0 Å². The molecule has 0 aromatic heterocycles. The van der Waals surface area contributed by atoms with E-state index in [1.165, 1.54) is 6.42 Å². The van der Waals surface area contributed by atoms with E-state index in [4.69, 9.17) is 10.5 Å². The van der Waals surface area contributed by atoms with Crippen molar-refractivity contribution in [1.82, 2.24) is 10.2 Å². The Morgan fingerprint density at radius 3 is 2.77 bits per heavy atom. The summed E-state index contributed by atoms with van der Waals surface area (Å²) in [5, 5.41) is 3.33. The van der Waals surface area contributed by atoms with Crippen LogP contribution >= 0.6 is 0 Å². The molecule has 1 aliphatic heterocycles. The van der Waals surface area contributed by atoms with Crippen molar-refractivity contribution >= 4 is 5.91 Å². The number of rotatable bonds is 7. The van der Waals surface area contributed by atoms with Gasteiger partial charge in [-0.05, 0) is 38.3 Å². The van der Waals surface area contributed by atoms with Crippen LogP contribution in [0.15, 0.2) is 24.3 Å². The largest absolute Gasteiger partial charge is 0.496 e. The van der Waals surface area contributed by atoms with Crippen molar-refractivity contribution in [3.05, 3.63) is 29.8 Å². The van der Waals surface area contributed by atoms with Crippen molar-refractivity contribution in [2.75, 3.05) is 26.7 Å². The number of hydrogen-bond acceptors (Lipinski definition) is 4. The zero-order valence-corrected chi connectivity index (χ0v) is 13.4. The first-order chi connectivity index (χ1) is 10.7. The predicted octanol–water partition coefficient (Wildman–Crippen LogP) is 1.51. The standard InChI is InChI=1S/C17H27N3O2/c1-22-16-8-4-3-7-14(16)13-19-10-9-15(18)17(21)20-11-5-2-6-12-20/h3-4,7-8,15,19H,2,5-6,9-13,18H2,1H3. The van der Waals surface area contributed by atoms with E-state index < -0.39 is 6.04 Å². The minimum absolute atomic E-state index is 0.0961. The highest BCUT2D eigenvalue weighted by atomic mass is 16.5. The molecule has 22 heavy (non-hydrogen) atoms. The van der Waals surface area contributed by atoms with Gasteiger partial charge in [0.05, 0.1) is 13.2 Å². The summed E-state index contributed by atoms with van der Waals surface area (Å²) in [6.07, 6.45) is 4.08. The van der Waals surface area contributed by atoms with Gasteiger partial charge >= 0.3 is 0 Å². The van der Waals surface area contributed by atoms with Crippen LogP contribution in [0.1, 0.15) is 31.2 Å². The van der Waals surface area contributed by atoms with E-state index in [1.54, 1.807) is 7.11 Å². The van der Waals surface area contributed by atoms with Crippen molar-refractivity contribution in [3.8, 4) is 5.75 Å². The molecule has 2 rings (SSSR count). The molecule has 0 bridgehead atoms. The fourth-order valence-corrected chi connectivity index (χ4v) is 2.80. The molecule has 1 aromatic rings.